The molecule has 144 valence electrons. The van der Waals surface area contributed by atoms with Crippen LogP contribution in [0.3, 0.4) is 0 Å². The monoisotopic (exact) mass is 370 g/mol. The van der Waals surface area contributed by atoms with Crippen LogP contribution in [-0.4, -0.2) is 48.0 Å². The van der Waals surface area contributed by atoms with Crippen molar-refractivity contribution in [2.75, 3.05) is 31.1 Å². The molecule has 1 aliphatic carbocycles. The fourth-order valence-corrected chi connectivity index (χ4v) is 5.24. The van der Waals surface area contributed by atoms with Crippen molar-refractivity contribution in [3.05, 3.63) is 35.6 Å². The van der Waals surface area contributed by atoms with E-state index >= 15 is 0 Å². The van der Waals surface area contributed by atoms with Crippen molar-refractivity contribution < 1.29 is 9.18 Å². The third kappa shape index (κ3) is 3.52. The molecule has 1 spiro atoms. The average molecular weight is 370 g/mol. The van der Waals surface area contributed by atoms with Gasteiger partial charge in [0.25, 0.3) is 0 Å². The van der Waals surface area contributed by atoms with Gasteiger partial charge in [-0.1, -0.05) is 6.07 Å². The second kappa shape index (κ2) is 7.46. The molecule has 3 heterocycles. The van der Waals surface area contributed by atoms with Crippen LogP contribution in [0.1, 0.15) is 44.9 Å². The molecule has 6 heteroatoms. The summed E-state index contributed by atoms with van der Waals surface area (Å²) in [5.74, 6) is 0.967. The van der Waals surface area contributed by atoms with Gasteiger partial charge in [0.05, 0.1) is 5.41 Å². The molecule has 1 amide bonds. The van der Waals surface area contributed by atoms with Crippen molar-refractivity contribution in [3.63, 3.8) is 0 Å². The molecular weight excluding hydrogens is 343 g/mol. The van der Waals surface area contributed by atoms with Crippen molar-refractivity contribution in [1.82, 2.24) is 9.88 Å². The zero-order valence-electron chi connectivity index (χ0n) is 15.7. The van der Waals surface area contributed by atoms with E-state index < -0.39 is 5.95 Å². The molecule has 0 bridgehead atoms. The molecule has 1 saturated carbocycles. The fourth-order valence-electron chi connectivity index (χ4n) is 5.24. The Morgan fingerprint density at radius 3 is 2.78 bits per heavy atom. The van der Waals surface area contributed by atoms with E-state index in [9.17, 15) is 9.18 Å². The fraction of sp³-hybridized carbons (Fsp3) is 0.667. The third-order valence-corrected chi connectivity index (χ3v) is 6.75. The van der Waals surface area contributed by atoms with E-state index in [0.29, 0.717) is 30.9 Å². The van der Waals surface area contributed by atoms with Gasteiger partial charge in [-0.2, -0.15) is 4.39 Å². The molecule has 27 heavy (non-hydrogen) atoms. The van der Waals surface area contributed by atoms with E-state index in [4.69, 9.17) is 6.57 Å². The van der Waals surface area contributed by atoms with Crippen LogP contribution >= 0.6 is 0 Å². The molecule has 5 nitrogen and oxygen atoms in total. The molecule has 2 aliphatic heterocycles. The number of anilines is 1. The summed E-state index contributed by atoms with van der Waals surface area (Å²) in [6, 6.07) is 5.21. The Bertz CT molecular complexity index is 740. The first-order valence-electron chi connectivity index (χ1n) is 10.1. The van der Waals surface area contributed by atoms with Gasteiger partial charge in [-0.3, -0.25) is 4.79 Å². The number of pyridine rings is 1. The average Bonchev–Trinajstić information content (AvgIpc) is 2.99. The van der Waals surface area contributed by atoms with E-state index in [2.05, 4.69) is 19.6 Å². The first-order chi connectivity index (χ1) is 13.1. The number of halogens is 1. The quantitative estimate of drug-likeness (QED) is 0.604. The minimum Gasteiger partial charge on any atom is -0.355 e. The first-order valence-corrected chi connectivity index (χ1v) is 10.1. The van der Waals surface area contributed by atoms with Crippen molar-refractivity contribution in [1.29, 1.82) is 0 Å². The lowest BCUT2D eigenvalue weighted by Crippen LogP contribution is -2.50. The molecule has 0 N–H and O–H groups in total. The lowest BCUT2D eigenvalue weighted by atomic mass is 9.78. The number of rotatable bonds is 3. The highest BCUT2D eigenvalue weighted by Gasteiger charge is 2.50. The SMILES string of the molecule is [C-]#[N+]CC1CCC(N2CC[C@@]3(CCCN(c4cccc(F)n4)C3)C2=O)CC1. The number of amides is 1. The normalized spacial score (nSPS) is 31.3. The highest BCUT2D eigenvalue weighted by Crippen LogP contribution is 2.43. The molecule has 1 atom stereocenters. The van der Waals surface area contributed by atoms with Crippen LogP contribution in [0, 0.1) is 23.9 Å². The van der Waals surface area contributed by atoms with Gasteiger partial charge in [0.1, 0.15) is 5.82 Å². The molecule has 2 saturated heterocycles. The molecule has 1 aromatic rings. The lowest BCUT2D eigenvalue weighted by Gasteiger charge is -2.41. The van der Waals surface area contributed by atoms with Crippen molar-refractivity contribution in [3.8, 4) is 0 Å². The zero-order valence-corrected chi connectivity index (χ0v) is 15.7. The minimum absolute atomic E-state index is 0.289. The number of nitrogens with zero attached hydrogens (tertiary/aromatic N) is 4. The topological polar surface area (TPSA) is 40.8 Å². The Morgan fingerprint density at radius 1 is 1.22 bits per heavy atom. The predicted octanol–water partition coefficient (Wildman–Crippen LogP) is 3.52. The van der Waals surface area contributed by atoms with Gasteiger partial charge in [0.15, 0.2) is 0 Å². The standard InChI is InChI=1S/C21H27FN4O/c1-23-14-16-6-8-17(9-7-16)26-13-11-21(20(26)27)10-3-12-25(15-21)19-5-2-4-18(22)24-19/h2,4-5,16-17H,3,6-15H2/t16?,17?,21-/m1/s1. The number of aromatic nitrogens is 1. The number of hydrogen-bond acceptors (Lipinski definition) is 3. The molecule has 3 fully saturated rings. The number of carbonyl (C=O) groups is 1. The third-order valence-electron chi connectivity index (χ3n) is 6.75. The number of piperidine rings is 1. The van der Waals surface area contributed by atoms with Crippen molar-refractivity contribution >= 4 is 11.7 Å². The molecular formula is C21H27FN4O. The Labute approximate surface area is 160 Å². The Hall–Kier alpha value is -2.16. The molecule has 0 radical (unpaired) electrons. The van der Waals surface area contributed by atoms with E-state index in [1.807, 2.05) is 6.07 Å². The summed E-state index contributed by atoms with van der Waals surface area (Å²) in [6.45, 7) is 9.98. The summed E-state index contributed by atoms with van der Waals surface area (Å²) < 4.78 is 13.5. The molecule has 1 aromatic heterocycles. The highest BCUT2D eigenvalue weighted by molar-refractivity contribution is 5.86. The van der Waals surface area contributed by atoms with Crippen LogP contribution < -0.4 is 4.90 Å². The molecule has 3 aliphatic rings. The molecule has 4 rings (SSSR count). The summed E-state index contributed by atoms with van der Waals surface area (Å²) >= 11 is 0. The maximum Gasteiger partial charge on any atom is 0.230 e. The highest BCUT2D eigenvalue weighted by atomic mass is 19.1. The smallest absolute Gasteiger partial charge is 0.230 e. The van der Waals surface area contributed by atoms with Gasteiger partial charge in [0.2, 0.25) is 18.4 Å². The van der Waals surface area contributed by atoms with Crippen molar-refractivity contribution in [2.24, 2.45) is 11.3 Å². The summed E-state index contributed by atoms with van der Waals surface area (Å²) in [4.78, 5) is 25.2. The maximum absolute atomic E-state index is 13.5. The van der Waals surface area contributed by atoms with Gasteiger partial charge >= 0.3 is 0 Å². The van der Waals surface area contributed by atoms with Gasteiger partial charge in [0, 0.05) is 31.6 Å². The second-order valence-electron chi connectivity index (χ2n) is 8.39. The van der Waals surface area contributed by atoms with Gasteiger partial charge in [-0.15, -0.1) is 0 Å². The van der Waals surface area contributed by atoms with Gasteiger partial charge < -0.3 is 14.6 Å². The number of likely N-dealkylation sites (tertiary alicyclic amines) is 1. The van der Waals surface area contributed by atoms with Crippen LogP contribution in [0.15, 0.2) is 18.2 Å². The first kappa shape index (κ1) is 18.2. The van der Waals surface area contributed by atoms with Crippen LogP contribution in [0.2, 0.25) is 0 Å². The summed E-state index contributed by atoms with van der Waals surface area (Å²) in [5, 5.41) is 0. The number of carbonyl (C=O) groups excluding carboxylic acids is 1. The van der Waals surface area contributed by atoms with Crippen molar-refractivity contribution in [2.45, 2.75) is 51.0 Å². The van der Waals surface area contributed by atoms with Gasteiger partial charge in [-0.25, -0.2) is 11.6 Å². The molecule has 0 aromatic carbocycles. The van der Waals surface area contributed by atoms with Crippen LogP contribution in [-0.2, 0) is 4.79 Å². The Morgan fingerprint density at radius 2 is 2.04 bits per heavy atom. The predicted molar refractivity (Wildman–Crippen MR) is 102 cm³/mol. The summed E-state index contributed by atoms with van der Waals surface area (Å²) in [7, 11) is 0. The van der Waals surface area contributed by atoms with E-state index in [1.165, 1.54) is 6.07 Å². The number of hydrogen-bond donors (Lipinski definition) is 0. The van der Waals surface area contributed by atoms with E-state index in [1.54, 1.807) is 6.07 Å². The Balaban J connectivity index is 1.44. The van der Waals surface area contributed by atoms with Crippen LogP contribution in [0.4, 0.5) is 10.2 Å². The lowest BCUT2D eigenvalue weighted by molar-refractivity contribution is -0.139. The summed E-state index contributed by atoms with van der Waals surface area (Å²) in [6.07, 6.45) is 6.91. The Kier molecular flexibility index (Phi) is 5.03. The second-order valence-corrected chi connectivity index (χ2v) is 8.39. The molecule has 0 unspecified atom stereocenters. The van der Waals surface area contributed by atoms with E-state index in [-0.39, 0.29) is 11.3 Å². The summed E-state index contributed by atoms with van der Waals surface area (Å²) in [5.41, 5.74) is -0.334. The largest absolute Gasteiger partial charge is 0.355 e. The minimum atomic E-state index is -0.470. The van der Waals surface area contributed by atoms with Gasteiger partial charge in [-0.05, 0) is 57.1 Å². The zero-order chi connectivity index (χ0) is 18.9. The van der Waals surface area contributed by atoms with Crippen LogP contribution in [0.5, 0.6) is 0 Å². The van der Waals surface area contributed by atoms with Crippen LogP contribution in [0.25, 0.3) is 4.85 Å². The maximum atomic E-state index is 13.5. The van der Waals surface area contributed by atoms with E-state index in [0.717, 1.165) is 58.0 Å².